The Hall–Kier alpha value is -1.82. The highest BCUT2D eigenvalue weighted by atomic mass is 35.5. The zero-order valence-electron chi connectivity index (χ0n) is 12.8. The van der Waals surface area contributed by atoms with Gasteiger partial charge in [0.25, 0.3) is 0 Å². The molecule has 0 aromatic heterocycles. The average molecular weight is 359 g/mol. The molecule has 2 N–H and O–H groups in total. The van der Waals surface area contributed by atoms with Gasteiger partial charge in [-0.3, -0.25) is 4.79 Å². The smallest absolute Gasteiger partial charge is 0.238 e. The second-order valence-corrected chi connectivity index (χ2v) is 5.33. The molecule has 1 rings (SSSR count). The van der Waals surface area contributed by atoms with E-state index in [-0.39, 0.29) is 34.0 Å². The molecule has 0 aliphatic carbocycles. The summed E-state index contributed by atoms with van der Waals surface area (Å²) in [5.41, 5.74) is 0.512. The standard InChI is InChI=1S/C16H17Cl2FN2O2/c1-10(21-15(22)9-20-3)7-8-14(11(2)19)23-16-12(17)5-4-6-13(16)18/h4-8,20H,2,9H2,1,3H3,(H,21,22)/b10-7+,14-8+. The Balaban J connectivity index is 2.94. The maximum atomic E-state index is 13.5. The first-order valence-electron chi connectivity index (χ1n) is 6.64. The first-order valence-corrected chi connectivity index (χ1v) is 7.40. The number of amides is 1. The molecule has 0 spiro atoms. The summed E-state index contributed by atoms with van der Waals surface area (Å²) in [4.78, 5) is 11.4. The molecule has 0 aliphatic heterocycles. The Morgan fingerprint density at radius 3 is 2.48 bits per heavy atom. The maximum absolute atomic E-state index is 13.5. The van der Waals surface area contributed by atoms with Crippen LogP contribution in [0.25, 0.3) is 0 Å². The molecule has 0 atom stereocenters. The van der Waals surface area contributed by atoms with Gasteiger partial charge >= 0.3 is 0 Å². The summed E-state index contributed by atoms with van der Waals surface area (Å²) in [6.07, 6.45) is 2.81. The highest BCUT2D eigenvalue weighted by Gasteiger charge is 2.11. The molecule has 0 saturated carbocycles. The van der Waals surface area contributed by atoms with Gasteiger partial charge in [0.1, 0.15) is 0 Å². The summed E-state index contributed by atoms with van der Waals surface area (Å²) < 4.78 is 18.9. The van der Waals surface area contributed by atoms with Crippen molar-refractivity contribution in [2.45, 2.75) is 6.92 Å². The Morgan fingerprint density at radius 2 is 1.96 bits per heavy atom. The summed E-state index contributed by atoms with van der Waals surface area (Å²) in [5, 5.41) is 5.82. The lowest BCUT2D eigenvalue weighted by Gasteiger charge is -2.11. The quantitative estimate of drug-likeness (QED) is 0.572. The van der Waals surface area contributed by atoms with E-state index in [0.717, 1.165) is 0 Å². The first-order chi connectivity index (χ1) is 10.8. The third kappa shape index (κ3) is 6.44. The molecular formula is C16H17Cl2FN2O2. The molecule has 1 aromatic carbocycles. The maximum Gasteiger partial charge on any atom is 0.238 e. The third-order valence-corrected chi connectivity index (χ3v) is 3.15. The number of carbonyl (C=O) groups is 1. The molecule has 1 aromatic rings. The SMILES string of the molecule is C=C(F)/C(=C\C=C(/C)NC(=O)CNC)Oc1c(Cl)cccc1Cl. The zero-order valence-corrected chi connectivity index (χ0v) is 14.3. The van der Waals surface area contributed by atoms with Crippen molar-refractivity contribution in [1.29, 1.82) is 0 Å². The van der Waals surface area contributed by atoms with Crippen LogP contribution in [0.2, 0.25) is 10.0 Å². The minimum atomic E-state index is -0.799. The van der Waals surface area contributed by atoms with E-state index in [0.29, 0.717) is 5.70 Å². The van der Waals surface area contributed by atoms with Crippen LogP contribution < -0.4 is 15.4 Å². The van der Waals surface area contributed by atoms with E-state index in [9.17, 15) is 9.18 Å². The fourth-order valence-electron chi connectivity index (χ4n) is 1.54. The van der Waals surface area contributed by atoms with E-state index in [2.05, 4.69) is 17.2 Å². The second kappa shape index (κ2) is 9.35. The molecule has 0 heterocycles. The number of nitrogens with one attached hydrogen (secondary N) is 2. The Bertz CT molecular complexity index is 637. The van der Waals surface area contributed by atoms with Gasteiger partial charge in [0.15, 0.2) is 17.3 Å². The molecule has 0 saturated heterocycles. The Morgan fingerprint density at radius 1 is 1.35 bits per heavy atom. The normalized spacial score (nSPS) is 12.0. The predicted molar refractivity (Wildman–Crippen MR) is 91.2 cm³/mol. The van der Waals surface area contributed by atoms with Crippen molar-refractivity contribution < 1.29 is 13.9 Å². The topological polar surface area (TPSA) is 50.4 Å². The van der Waals surface area contributed by atoms with Crippen LogP contribution in [-0.2, 0) is 4.79 Å². The van der Waals surface area contributed by atoms with E-state index in [1.807, 2.05) is 0 Å². The zero-order chi connectivity index (χ0) is 17.4. The molecule has 0 aliphatic rings. The number of hydrogen-bond donors (Lipinski definition) is 2. The molecule has 0 bridgehead atoms. The van der Waals surface area contributed by atoms with Gasteiger partial charge in [0.05, 0.1) is 16.6 Å². The fraction of sp³-hybridized carbons (Fsp3) is 0.188. The lowest BCUT2D eigenvalue weighted by atomic mass is 10.3. The molecule has 0 radical (unpaired) electrons. The van der Waals surface area contributed by atoms with Crippen molar-refractivity contribution in [2.24, 2.45) is 0 Å². The van der Waals surface area contributed by atoms with Crippen molar-refractivity contribution in [2.75, 3.05) is 13.6 Å². The Labute approximate surface area is 144 Å². The van der Waals surface area contributed by atoms with Gasteiger partial charge in [0.2, 0.25) is 5.91 Å². The molecular weight excluding hydrogens is 342 g/mol. The van der Waals surface area contributed by atoms with E-state index in [1.54, 1.807) is 32.2 Å². The molecule has 1 amide bonds. The number of allylic oxidation sites excluding steroid dienone is 4. The van der Waals surface area contributed by atoms with Crippen molar-refractivity contribution in [3.05, 3.63) is 64.3 Å². The monoisotopic (exact) mass is 358 g/mol. The summed E-state index contributed by atoms with van der Waals surface area (Å²) >= 11 is 12.0. The second-order valence-electron chi connectivity index (χ2n) is 4.52. The summed E-state index contributed by atoms with van der Waals surface area (Å²) in [7, 11) is 1.66. The molecule has 7 heteroatoms. The summed E-state index contributed by atoms with van der Waals surface area (Å²) in [6, 6.07) is 4.79. The fourth-order valence-corrected chi connectivity index (χ4v) is 2.01. The minimum Gasteiger partial charge on any atom is -0.451 e. The van der Waals surface area contributed by atoms with Crippen molar-refractivity contribution >= 4 is 29.1 Å². The van der Waals surface area contributed by atoms with Crippen LogP contribution in [0, 0.1) is 0 Å². The van der Waals surface area contributed by atoms with Gasteiger partial charge < -0.3 is 15.4 Å². The van der Waals surface area contributed by atoms with Crippen LogP contribution in [0.3, 0.4) is 0 Å². The number of benzene rings is 1. The predicted octanol–water partition coefficient (Wildman–Crippen LogP) is 3.98. The van der Waals surface area contributed by atoms with Crippen molar-refractivity contribution in [1.82, 2.24) is 10.6 Å². The lowest BCUT2D eigenvalue weighted by molar-refractivity contribution is -0.119. The van der Waals surface area contributed by atoms with Crippen LogP contribution in [0.1, 0.15) is 6.92 Å². The average Bonchev–Trinajstić information content (AvgIpc) is 2.45. The number of hydrogen-bond acceptors (Lipinski definition) is 3. The van der Waals surface area contributed by atoms with E-state index < -0.39 is 5.83 Å². The van der Waals surface area contributed by atoms with Gasteiger partial charge in [0, 0.05) is 5.70 Å². The highest BCUT2D eigenvalue weighted by molar-refractivity contribution is 6.37. The van der Waals surface area contributed by atoms with Crippen LogP contribution in [0.5, 0.6) is 5.75 Å². The highest BCUT2D eigenvalue weighted by Crippen LogP contribution is 2.34. The molecule has 0 unspecified atom stereocenters. The van der Waals surface area contributed by atoms with Crippen molar-refractivity contribution in [3.8, 4) is 5.75 Å². The summed E-state index contributed by atoms with van der Waals surface area (Å²) in [6.45, 7) is 5.03. The number of para-hydroxylation sites is 1. The van der Waals surface area contributed by atoms with Crippen LogP contribution in [0.15, 0.2) is 54.2 Å². The minimum absolute atomic E-state index is 0.131. The lowest BCUT2D eigenvalue weighted by Crippen LogP contribution is -2.30. The van der Waals surface area contributed by atoms with Gasteiger partial charge in [-0.1, -0.05) is 35.8 Å². The largest absolute Gasteiger partial charge is 0.451 e. The van der Waals surface area contributed by atoms with Crippen molar-refractivity contribution in [3.63, 3.8) is 0 Å². The number of halogens is 3. The first kappa shape index (κ1) is 19.2. The Kier molecular flexibility index (Phi) is 7.81. The number of rotatable bonds is 7. The number of carbonyl (C=O) groups excluding carboxylic acids is 1. The number of likely N-dealkylation sites (N-methyl/N-ethyl adjacent to an activating group) is 1. The van der Waals surface area contributed by atoms with E-state index in [4.69, 9.17) is 27.9 Å². The third-order valence-electron chi connectivity index (χ3n) is 2.56. The van der Waals surface area contributed by atoms with Gasteiger partial charge in [-0.15, -0.1) is 0 Å². The molecule has 124 valence electrons. The van der Waals surface area contributed by atoms with Gasteiger partial charge in [-0.25, -0.2) is 4.39 Å². The molecule has 4 nitrogen and oxygen atoms in total. The number of ether oxygens (including phenoxy) is 1. The molecule has 0 fully saturated rings. The van der Waals surface area contributed by atoms with E-state index in [1.165, 1.54) is 12.2 Å². The van der Waals surface area contributed by atoms with Crippen LogP contribution >= 0.6 is 23.2 Å². The summed E-state index contributed by atoms with van der Waals surface area (Å²) in [5.74, 6) is -1.05. The van der Waals surface area contributed by atoms with Gasteiger partial charge in [-0.2, -0.15) is 0 Å². The van der Waals surface area contributed by atoms with Crippen LogP contribution in [0.4, 0.5) is 4.39 Å². The van der Waals surface area contributed by atoms with Gasteiger partial charge in [-0.05, 0) is 38.3 Å². The van der Waals surface area contributed by atoms with E-state index >= 15 is 0 Å². The van der Waals surface area contributed by atoms with Crippen LogP contribution in [-0.4, -0.2) is 19.5 Å². The molecule has 23 heavy (non-hydrogen) atoms.